The molecular formula is C17H23N3O2. The van der Waals surface area contributed by atoms with Crippen LogP contribution in [-0.4, -0.2) is 28.6 Å². The number of aromatic amines is 1. The number of amides is 1. The molecule has 22 heavy (non-hydrogen) atoms. The predicted molar refractivity (Wildman–Crippen MR) is 87.6 cm³/mol. The maximum atomic E-state index is 12.1. The molecule has 0 aliphatic heterocycles. The van der Waals surface area contributed by atoms with Crippen LogP contribution in [0.2, 0.25) is 0 Å². The molecule has 0 radical (unpaired) electrons. The van der Waals surface area contributed by atoms with E-state index in [0.717, 1.165) is 22.8 Å². The standard InChI is InChI=1S/C17H23N3O2/c1-11(2)10-22-13(4)17(21)20-15-7-5-6-14(8-15)16-18-9-12(3)19-16/h5-9,11,13H,10H2,1-4H3,(H,18,19)(H,20,21). The van der Waals surface area contributed by atoms with Gasteiger partial charge in [0.2, 0.25) is 0 Å². The van der Waals surface area contributed by atoms with E-state index >= 15 is 0 Å². The number of ether oxygens (including phenoxy) is 1. The largest absolute Gasteiger partial charge is 0.368 e. The van der Waals surface area contributed by atoms with E-state index in [-0.39, 0.29) is 5.91 Å². The van der Waals surface area contributed by atoms with Gasteiger partial charge in [0.05, 0.1) is 0 Å². The van der Waals surface area contributed by atoms with Gasteiger partial charge in [-0.05, 0) is 31.9 Å². The van der Waals surface area contributed by atoms with Crippen LogP contribution < -0.4 is 5.32 Å². The van der Waals surface area contributed by atoms with Gasteiger partial charge >= 0.3 is 0 Å². The van der Waals surface area contributed by atoms with Crippen molar-refractivity contribution in [2.45, 2.75) is 33.8 Å². The third-order valence-electron chi connectivity index (χ3n) is 3.16. The number of hydrogen-bond acceptors (Lipinski definition) is 3. The van der Waals surface area contributed by atoms with Crippen molar-refractivity contribution in [2.75, 3.05) is 11.9 Å². The number of benzene rings is 1. The van der Waals surface area contributed by atoms with Gasteiger partial charge in [-0.2, -0.15) is 0 Å². The Balaban J connectivity index is 2.02. The summed E-state index contributed by atoms with van der Waals surface area (Å²) < 4.78 is 5.53. The Kier molecular flexibility index (Phi) is 5.33. The van der Waals surface area contributed by atoms with E-state index in [1.807, 2.05) is 31.2 Å². The van der Waals surface area contributed by atoms with Crippen LogP contribution in [0.5, 0.6) is 0 Å². The molecule has 0 bridgehead atoms. The first-order valence-electron chi connectivity index (χ1n) is 7.50. The number of imidazole rings is 1. The Labute approximate surface area is 131 Å². The molecule has 0 saturated heterocycles. The third kappa shape index (κ3) is 4.43. The zero-order valence-corrected chi connectivity index (χ0v) is 13.5. The van der Waals surface area contributed by atoms with E-state index < -0.39 is 6.10 Å². The lowest BCUT2D eigenvalue weighted by molar-refractivity contribution is -0.126. The minimum Gasteiger partial charge on any atom is -0.368 e. The second-order valence-corrected chi connectivity index (χ2v) is 5.85. The van der Waals surface area contributed by atoms with Crippen molar-refractivity contribution in [3.63, 3.8) is 0 Å². The molecular weight excluding hydrogens is 278 g/mol. The molecule has 0 aliphatic carbocycles. The number of aryl methyl sites for hydroxylation is 1. The molecule has 118 valence electrons. The number of nitrogens with zero attached hydrogens (tertiary/aromatic N) is 1. The number of rotatable bonds is 6. The monoisotopic (exact) mass is 301 g/mol. The first kappa shape index (κ1) is 16.2. The van der Waals surface area contributed by atoms with Crippen molar-refractivity contribution in [3.05, 3.63) is 36.2 Å². The second kappa shape index (κ2) is 7.22. The number of hydrogen-bond donors (Lipinski definition) is 2. The molecule has 0 fully saturated rings. The van der Waals surface area contributed by atoms with Crippen LogP contribution in [0.25, 0.3) is 11.4 Å². The van der Waals surface area contributed by atoms with Gasteiger partial charge in [-0.15, -0.1) is 0 Å². The fourth-order valence-corrected chi connectivity index (χ4v) is 1.96. The minimum atomic E-state index is -0.475. The zero-order valence-electron chi connectivity index (χ0n) is 13.5. The number of carbonyl (C=O) groups excluding carboxylic acids is 1. The van der Waals surface area contributed by atoms with Crippen LogP contribution in [0.3, 0.4) is 0 Å². The lowest BCUT2D eigenvalue weighted by Crippen LogP contribution is -2.28. The molecule has 1 amide bonds. The molecule has 1 unspecified atom stereocenters. The molecule has 2 rings (SSSR count). The fourth-order valence-electron chi connectivity index (χ4n) is 1.96. The van der Waals surface area contributed by atoms with Gasteiger partial charge in [-0.3, -0.25) is 4.79 Å². The zero-order chi connectivity index (χ0) is 16.1. The molecule has 5 nitrogen and oxygen atoms in total. The Morgan fingerprint density at radius 3 is 2.77 bits per heavy atom. The van der Waals surface area contributed by atoms with Crippen molar-refractivity contribution < 1.29 is 9.53 Å². The first-order valence-corrected chi connectivity index (χ1v) is 7.50. The Morgan fingerprint density at radius 1 is 1.36 bits per heavy atom. The maximum Gasteiger partial charge on any atom is 0.253 e. The highest BCUT2D eigenvalue weighted by molar-refractivity contribution is 5.94. The number of H-pyrrole nitrogens is 1. The summed E-state index contributed by atoms with van der Waals surface area (Å²) >= 11 is 0. The molecule has 1 atom stereocenters. The smallest absolute Gasteiger partial charge is 0.253 e. The van der Waals surface area contributed by atoms with Gasteiger partial charge in [-0.1, -0.05) is 26.0 Å². The van der Waals surface area contributed by atoms with Crippen LogP contribution in [0.4, 0.5) is 5.69 Å². The summed E-state index contributed by atoms with van der Waals surface area (Å²) in [5.41, 5.74) is 2.67. The highest BCUT2D eigenvalue weighted by Gasteiger charge is 2.14. The van der Waals surface area contributed by atoms with E-state index in [4.69, 9.17) is 4.74 Å². The number of carbonyl (C=O) groups is 1. The minimum absolute atomic E-state index is 0.145. The van der Waals surface area contributed by atoms with E-state index in [0.29, 0.717) is 12.5 Å². The van der Waals surface area contributed by atoms with Gasteiger partial charge in [0.1, 0.15) is 11.9 Å². The van der Waals surface area contributed by atoms with E-state index in [2.05, 4.69) is 29.1 Å². The summed E-state index contributed by atoms with van der Waals surface area (Å²) in [5, 5.41) is 2.88. The Bertz CT molecular complexity index is 634. The van der Waals surface area contributed by atoms with E-state index in [1.54, 1.807) is 13.1 Å². The topological polar surface area (TPSA) is 67.0 Å². The maximum absolute atomic E-state index is 12.1. The van der Waals surface area contributed by atoms with Crippen LogP contribution in [0, 0.1) is 12.8 Å². The number of aromatic nitrogens is 2. The Morgan fingerprint density at radius 2 is 2.14 bits per heavy atom. The van der Waals surface area contributed by atoms with E-state index in [1.165, 1.54) is 0 Å². The summed E-state index contributed by atoms with van der Waals surface area (Å²) in [6.07, 6.45) is 1.31. The Hall–Kier alpha value is -2.14. The molecule has 2 N–H and O–H groups in total. The van der Waals surface area contributed by atoms with Gasteiger partial charge in [0, 0.05) is 29.7 Å². The van der Waals surface area contributed by atoms with Crippen molar-refractivity contribution >= 4 is 11.6 Å². The van der Waals surface area contributed by atoms with Gasteiger partial charge in [0.25, 0.3) is 5.91 Å². The number of nitrogens with one attached hydrogen (secondary N) is 2. The average Bonchev–Trinajstić information content (AvgIpc) is 2.91. The summed E-state index contributed by atoms with van der Waals surface area (Å²) in [7, 11) is 0. The second-order valence-electron chi connectivity index (χ2n) is 5.85. The molecule has 1 aromatic carbocycles. The molecule has 0 spiro atoms. The van der Waals surface area contributed by atoms with Crippen LogP contribution >= 0.6 is 0 Å². The van der Waals surface area contributed by atoms with Crippen molar-refractivity contribution in [2.24, 2.45) is 5.92 Å². The lowest BCUT2D eigenvalue weighted by atomic mass is 10.2. The van der Waals surface area contributed by atoms with Crippen molar-refractivity contribution in [1.82, 2.24) is 9.97 Å². The molecule has 0 saturated carbocycles. The highest BCUT2D eigenvalue weighted by Crippen LogP contribution is 2.20. The molecule has 2 aromatic rings. The third-order valence-corrected chi connectivity index (χ3v) is 3.16. The van der Waals surface area contributed by atoms with Crippen molar-refractivity contribution in [1.29, 1.82) is 0 Å². The lowest BCUT2D eigenvalue weighted by Gasteiger charge is -2.15. The van der Waals surface area contributed by atoms with Crippen molar-refractivity contribution in [3.8, 4) is 11.4 Å². The number of anilines is 1. The first-order chi connectivity index (χ1) is 10.5. The quantitative estimate of drug-likeness (QED) is 0.859. The van der Waals surface area contributed by atoms with Crippen LogP contribution in [-0.2, 0) is 9.53 Å². The molecule has 1 heterocycles. The summed E-state index contributed by atoms with van der Waals surface area (Å²) in [6, 6.07) is 7.59. The molecule has 1 aromatic heterocycles. The normalized spacial score (nSPS) is 12.4. The summed E-state index contributed by atoms with van der Waals surface area (Å²) in [6.45, 7) is 8.40. The SMILES string of the molecule is Cc1cnc(-c2cccc(NC(=O)C(C)OCC(C)C)c2)[nH]1. The highest BCUT2D eigenvalue weighted by atomic mass is 16.5. The van der Waals surface area contributed by atoms with Crippen LogP contribution in [0.1, 0.15) is 26.5 Å². The fraction of sp³-hybridized carbons (Fsp3) is 0.412. The summed E-state index contributed by atoms with van der Waals surface area (Å²) in [5.74, 6) is 1.05. The van der Waals surface area contributed by atoms with Gasteiger partial charge in [0.15, 0.2) is 0 Å². The predicted octanol–water partition coefficient (Wildman–Crippen LogP) is 3.38. The molecule has 5 heteroatoms. The summed E-state index contributed by atoms with van der Waals surface area (Å²) in [4.78, 5) is 19.6. The van der Waals surface area contributed by atoms with Gasteiger partial charge in [-0.25, -0.2) is 4.98 Å². The van der Waals surface area contributed by atoms with E-state index in [9.17, 15) is 4.79 Å². The van der Waals surface area contributed by atoms with Crippen LogP contribution in [0.15, 0.2) is 30.5 Å². The average molecular weight is 301 g/mol. The molecule has 0 aliphatic rings. The van der Waals surface area contributed by atoms with Gasteiger partial charge < -0.3 is 15.0 Å².